The lowest BCUT2D eigenvalue weighted by atomic mass is 9.88. The van der Waals surface area contributed by atoms with E-state index >= 15 is 0 Å². The van der Waals surface area contributed by atoms with Crippen LogP contribution in [0.1, 0.15) is 103 Å². The highest BCUT2D eigenvalue weighted by Crippen LogP contribution is 2.42. The number of hydrogen-bond donors (Lipinski definition) is 0. The molecule has 2 saturated heterocycles. The number of ether oxygens (including phenoxy) is 5. The summed E-state index contributed by atoms with van der Waals surface area (Å²) in [6, 6.07) is 6.74. The maximum absolute atomic E-state index is 13.6. The van der Waals surface area contributed by atoms with Crippen LogP contribution >= 0.6 is 0 Å². The quantitative estimate of drug-likeness (QED) is 0.0525. The first-order valence-corrected chi connectivity index (χ1v) is 20.0. The van der Waals surface area contributed by atoms with Gasteiger partial charge < -0.3 is 23.7 Å². The zero-order valence-electron chi connectivity index (χ0n) is 30.4. The van der Waals surface area contributed by atoms with E-state index in [2.05, 4.69) is 43.1 Å². The molecule has 1 aromatic carbocycles. The number of methoxy groups -OCH3 is 1. The minimum absolute atomic E-state index is 0.111. The molecule has 1 aliphatic carbocycles. The second-order valence-corrected chi connectivity index (χ2v) is 15.3. The molecule has 0 amide bonds. The zero-order chi connectivity index (χ0) is 35.8. The Hall–Kier alpha value is -2.52. The van der Waals surface area contributed by atoms with E-state index in [1.807, 2.05) is 13.8 Å². The maximum atomic E-state index is 13.6. The molecule has 3 fully saturated rings. The van der Waals surface area contributed by atoms with Crippen LogP contribution in [0.4, 0.5) is 0 Å². The van der Waals surface area contributed by atoms with Crippen LogP contribution in [-0.4, -0.2) is 65.6 Å². The van der Waals surface area contributed by atoms with Crippen LogP contribution in [0, 0.1) is 36.5 Å². The summed E-state index contributed by atoms with van der Waals surface area (Å²) in [5.41, 5.74) is 0.969. The van der Waals surface area contributed by atoms with Gasteiger partial charge in [-0.1, -0.05) is 55.8 Å². The number of benzene rings is 1. The molecule has 2 aliphatic heterocycles. The fourth-order valence-corrected chi connectivity index (χ4v) is 7.89. The minimum atomic E-state index is -4.04. The smallest absolute Gasteiger partial charge is 0.305 e. The number of rotatable bonds is 17. The van der Waals surface area contributed by atoms with Crippen molar-refractivity contribution in [2.45, 2.75) is 140 Å². The van der Waals surface area contributed by atoms with Crippen molar-refractivity contribution in [1.82, 2.24) is 0 Å². The molecule has 3 aliphatic rings. The van der Waals surface area contributed by atoms with Gasteiger partial charge in [0.1, 0.15) is 0 Å². The van der Waals surface area contributed by atoms with Gasteiger partial charge in [-0.05, 0) is 88.7 Å². The van der Waals surface area contributed by atoms with Gasteiger partial charge in [0.15, 0.2) is 12.6 Å². The van der Waals surface area contributed by atoms with Gasteiger partial charge in [0.2, 0.25) is 0 Å². The number of unbranched alkanes of at least 4 members (excludes halogenated alkanes) is 1. The third-order valence-electron chi connectivity index (χ3n) is 9.70. The molecule has 0 N–H and O–H groups in total. The van der Waals surface area contributed by atoms with E-state index in [-0.39, 0.29) is 53.4 Å². The minimum Gasteiger partial charge on any atom is -0.469 e. The first-order valence-electron chi connectivity index (χ1n) is 18.6. The van der Waals surface area contributed by atoms with Crippen molar-refractivity contribution in [1.29, 1.82) is 0 Å². The van der Waals surface area contributed by atoms with Crippen LogP contribution in [0.25, 0.3) is 0 Å². The Morgan fingerprint density at radius 3 is 2.38 bits per heavy atom. The maximum Gasteiger partial charge on any atom is 0.305 e. The van der Waals surface area contributed by atoms with Gasteiger partial charge in [-0.2, -0.15) is 8.42 Å². The Balaban J connectivity index is 1.63. The van der Waals surface area contributed by atoms with Gasteiger partial charge in [0, 0.05) is 44.8 Å². The van der Waals surface area contributed by atoms with Gasteiger partial charge in [0.05, 0.1) is 30.3 Å². The Morgan fingerprint density at radius 1 is 1.00 bits per heavy atom. The van der Waals surface area contributed by atoms with Crippen LogP contribution in [-0.2, 0) is 42.8 Å². The Morgan fingerprint density at radius 2 is 1.72 bits per heavy atom. The molecule has 2 heterocycles. The molecule has 10 heteroatoms. The average Bonchev–Trinajstić information content (AvgIpc) is 3.42. The van der Waals surface area contributed by atoms with Gasteiger partial charge in [-0.25, -0.2) is 0 Å². The molecule has 9 nitrogen and oxygen atoms in total. The van der Waals surface area contributed by atoms with E-state index in [9.17, 15) is 13.2 Å². The lowest BCUT2D eigenvalue weighted by Crippen LogP contribution is -2.32. The molecular weight excluding hydrogens is 656 g/mol. The van der Waals surface area contributed by atoms with Crippen molar-refractivity contribution in [3.8, 4) is 11.8 Å². The largest absolute Gasteiger partial charge is 0.469 e. The topological polar surface area (TPSA) is 107 Å². The summed E-state index contributed by atoms with van der Waals surface area (Å²) in [5, 5.41) is 0. The lowest BCUT2D eigenvalue weighted by molar-refractivity contribution is -0.193. The number of aryl methyl sites for hydroxylation is 1. The summed E-state index contributed by atoms with van der Waals surface area (Å²) in [6.45, 7) is 7.44. The number of allylic oxidation sites excluding steroid dienone is 2. The van der Waals surface area contributed by atoms with Crippen molar-refractivity contribution in [2.75, 3.05) is 20.3 Å². The fourth-order valence-electron chi connectivity index (χ4n) is 6.77. The first-order chi connectivity index (χ1) is 24.2. The highest BCUT2D eigenvalue weighted by molar-refractivity contribution is 7.86. The molecule has 0 bridgehead atoms. The van der Waals surface area contributed by atoms with Crippen LogP contribution in [0.15, 0.2) is 53.5 Å². The van der Waals surface area contributed by atoms with Crippen molar-refractivity contribution < 1.29 is 41.1 Å². The number of esters is 1. The van der Waals surface area contributed by atoms with Crippen LogP contribution in [0.3, 0.4) is 0 Å². The number of hydrogen-bond acceptors (Lipinski definition) is 9. The molecule has 8 atom stereocenters. The van der Waals surface area contributed by atoms with Gasteiger partial charge >= 0.3 is 5.97 Å². The fraction of sp³-hybridized carbons (Fsp3) is 0.675. The summed E-state index contributed by atoms with van der Waals surface area (Å²) < 4.78 is 63.4. The van der Waals surface area contributed by atoms with Crippen LogP contribution in [0.2, 0.25) is 0 Å². The van der Waals surface area contributed by atoms with Crippen molar-refractivity contribution in [3.05, 3.63) is 54.1 Å². The number of carbonyl (C=O) groups is 1. The zero-order valence-corrected chi connectivity index (χ0v) is 31.2. The summed E-state index contributed by atoms with van der Waals surface area (Å²) in [7, 11) is -2.65. The van der Waals surface area contributed by atoms with Crippen LogP contribution < -0.4 is 0 Å². The highest BCUT2D eigenvalue weighted by atomic mass is 32.2. The van der Waals surface area contributed by atoms with E-state index in [1.165, 1.54) is 7.11 Å². The Kier molecular flexibility index (Phi) is 17.0. The lowest BCUT2D eigenvalue weighted by Gasteiger charge is -2.31. The van der Waals surface area contributed by atoms with Crippen molar-refractivity contribution in [3.63, 3.8) is 0 Å². The van der Waals surface area contributed by atoms with Crippen molar-refractivity contribution in [2.24, 2.45) is 17.8 Å². The third-order valence-corrected chi connectivity index (χ3v) is 11.1. The molecule has 1 saturated carbocycles. The summed E-state index contributed by atoms with van der Waals surface area (Å²) in [4.78, 5) is 11.7. The summed E-state index contributed by atoms with van der Waals surface area (Å²) >= 11 is 0. The molecule has 50 heavy (non-hydrogen) atoms. The SMILES string of the molecule is CCC#CCC(C)[C@@H](/C=C/[C@@H]1[C@@H](C/C=C\CCCC(=O)OC)[C@@H](OS(=O)(=O)c2ccc(C)cc2)C[C@H]1OC1CCCCO1)OC1CCCCO1. The summed E-state index contributed by atoms with van der Waals surface area (Å²) in [6.07, 6.45) is 16.5. The number of carbonyl (C=O) groups excluding carboxylic acids is 1. The van der Waals surface area contributed by atoms with Gasteiger partial charge in [-0.3, -0.25) is 8.98 Å². The van der Waals surface area contributed by atoms with Crippen molar-refractivity contribution >= 4 is 16.1 Å². The summed E-state index contributed by atoms with van der Waals surface area (Å²) in [5.74, 6) is 5.97. The standard InChI is InChI=1S/C40H58O9S/c1-5-6-9-16-31(3)35(47-39-19-12-14-27-45-39)26-25-34-33(17-10-7-8-11-18-38(41)44-4)37(29-36(34)48-40-20-13-15-28-46-40)49-50(42,43)32-23-21-30(2)22-24-32/h7,10,21-26,31,33-37,39-40H,5,8,11-20,27-29H2,1-4H3/b10-7-,26-25+/t31?,33-,34-,35-,36-,37+,39?,40?/m1/s1. The predicted octanol–water partition coefficient (Wildman–Crippen LogP) is 7.81. The monoisotopic (exact) mass is 714 g/mol. The van der Waals surface area contributed by atoms with Gasteiger partial charge in [-0.15, -0.1) is 11.8 Å². The third kappa shape index (κ3) is 12.9. The predicted molar refractivity (Wildman–Crippen MR) is 192 cm³/mol. The molecule has 278 valence electrons. The molecule has 0 aromatic heterocycles. The van der Waals surface area contributed by atoms with E-state index in [0.29, 0.717) is 51.7 Å². The average molecular weight is 715 g/mol. The molecule has 1 aromatic rings. The molecule has 4 rings (SSSR count). The Labute approximate surface area is 300 Å². The molecule has 0 radical (unpaired) electrons. The molecule has 3 unspecified atom stereocenters. The van der Waals surface area contributed by atoms with E-state index in [0.717, 1.165) is 50.5 Å². The highest BCUT2D eigenvalue weighted by Gasteiger charge is 2.46. The normalized spacial score (nSPS) is 27.2. The molecule has 0 spiro atoms. The van der Waals surface area contributed by atoms with Gasteiger partial charge in [0.25, 0.3) is 10.1 Å². The van der Waals surface area contributed by atoms with E-state index in [4.69, 9.17) is 27.9 Å². The van der Waals surface area contributed by atoms with E-state index < -0.39 is 16.2 Å². The van der Waals surface area contributed by atoms with E-state index in [1.54, 1.807) is 24.3 Å². The first kappa shape index (κ1) is 40.3. The second kappa shape index (κ2) is 21.1. The van der Waals surface area contributed by atoms with Crippen LogP contribution in [0.5, 0.6) is 0 Å². The molecular formula is C40H58O9S. The Bertz CT molecular complexity index is 1380. The second-order valence-electron chi connectivity index (χ2n) is 13.7.